The molecule has 6 rings (SSSR count). The molecule has 10 nitrogen and oxygen atoms in total. The number of β-amino-alcohol motifs (C(OH)–C–C–N with tert-alkyl or cyclic N) is 1. The number of hydrogen-bond donors (Lipinski definition) is 2. The number of ether oxygens (including phenoxy) is 1. The van der Waals surface area contributed by atoms with Crippen LogP contribution in [-0.2, 0) is 17.7 Å². The number of hydrogen-bond acceptors (Lipinski definition) is 6. The van der Waals surface area contributed by atoms with Gasteiger partial charge in [-0.3, -0.25) is 14.5 Å². The van der Waals surface area contributed by atoms with E-state index in [0.717, 1.165) is 55.6 Å². The van der Waals surface area contributed by atoms with Gasteiger partial charge in [0, 0.05) is 58.5 Å². The predicted molar refractivity (Wildman–Crippen MR) is 161 cm³/mol. The Morgan fingerprint density at radius 2 is 1.72 bits per heavy atom. The van der Waals surface area contributed by atoms with Gasteiger partial charge in [-0.1, -0.05) is 24.3 Å². The van der Waals surface area contributed by atoms with Crippen molar-refractivity contribution in [3.63, 3.8) is 0 Å². The lowest BCUT2D eigenvalue weighted by molar-refractivity contribution is -0.0841. The first-order chi connectivity index (χ1) is 20.7. The monoisotopic (exact) mass is 590 g/mol. The van der Waals surface area contributed by atoms with Crippen molar-refractivity contribution in [2.24, 2.45) is 5.41 Å². The first-order valence-corrected chi connectivity index (χ1v) is 15.5. The van der Waals surface area contributed by atoms with Gasteiger partial charge in [0.1, 0.15) is 0 Å². The Bertz CT molecular complexity index is 1380. The number of anilines is 1. The number of likely N-dealkylation sites (N-methyl/N-ethyl adjacent to an activating group) is 1. The second-order valence-electron chi connectivity index (χ2n) is 12.6. The van der Waals surface area contributed by atoms with Crippen molar-refractivity contribution >= 4 is 23.6 Å². The molecule has 3 heterocycles. The minimum Gasteiger partial charge on any atom is -0.465 e. The predicted octanol–water partition coefficient (Wildman–Crippen LogP) is 3.47. The molecular weight excluding hydrogens is 548 g/mol. The summed E-state index contributed by atoms with van der Waals surface area (Å²) in [5.74, 6) is -0.230. The number of amides is 3. The van der Waals surface area contributed by atoms with E-state index in [-0.39, 0.29) is 24.9 Å². The average Bonchev–Trinajstić information content (AvgIpc) is 3.14. The zero-order chi connectivity index (χ0) is 30.3. The van der Waals surface area contributed by atoms with E-state index in [1.807, 2.05) is 42.2 Å². The van der Waals surface area contributed by atoms with Gasteiger partial charge in [0.15, 0.2) is 0 Å². The third kappa shape index (κ3) is 5.58. The zero-order valence-electron chi connectivity index (χ0n) is 25.1. The number of methoxy groups -OCH3 is 1. The molecule has 0 bridgehead atoms. The van der Waals surface area contributed by atoms with Crippen LogP contribution in [0.3, 0.4) is 0 Å². The minimum atomic E-state index is -1.09. The highest BCUT2D eigenvalue weighted by molar-refractivity contribution is 6.03. The summed E-state index contributed by atoms with van der Waals surface area (Å²) < 4.78 is 5.48. The third-order valence-electron chi connectivity index (χ3n) is 10.3. The van der Waals surface area contributed by atoms with E-state index in [2.05, 4.69) is 4.90 Å². The largest absolute Gasteiger partial charge is 0.465 e. The number of fused-ring (bicyclic) bond motifs is 2. The van der Waals surface area contributed by atoms with Crippen molar-refractivity contribution in [1.29, 1.82) is 0 Å². The van der Waals surface area contributed by atoms with E-state index in [0.29, 0.717) is 48.7 Å². The van der Waals surface area contributed by atoms with Gasteiger partial charge < -0.3 is 29.6 Å². The Hall–Kier alpha value is -3.63. The first-order valence-electron chi connectivity index (χ1n) is 15.5. The molecule has 2 aromatic carbocycles. The molecule has 0 radical (unpaired) electrons. The molecule has 3 amide bonds. The van der Waals surface area contributed by atoms with Crippen LogP contribution in [0.25, 0.3) is 0 Å². The van der Waals surface area contributed by atoms with Gasteiger partial charge in [0.2, 0.25) is 0 Å². The smallest absolute Gasteiger partial charge is 0.407 e. The van der Waals surface area contributed by atoms with E-state index < -0.39 is 18.2 Å². The molecule has 3 aliphatic heterocycles. The Labute approximate surface area is 252 Å². The molecule has 1 saturated heterocycles. The second kappa shape index (κ2) is 11.8. The fourth-order valence-corrected chi connectivity index (χ4v) is 7.54. The molecule has 0 aromatic heterocycles. The van der Waals surface area contributed by atoms with Crippen LogP contribution >= 0.6 is 0 Å². The highest BCUT2D eigenvalue weighted by atomic mass is 16.5. The first kappa shape index (κ1) is 29.4. The number of carbonyl (C=O) groups excluding carboxylic acids is 2. The van der Waals surface area contributed by atoms with E-state index in [1.165, 1.54) is 4.90 Å². The van der Waals surface area contributed by atoms with Gasteiger partial charge in [-0.25, -0.2) is 4.79 Å². The van der Waals surface area contributed by atoms with Crippen LogP contribution in [0, 0.1) is 5.41 Å². The standard InChI is InChI=1S/C33H42N4O6/c1-3-34-14-15-36(21-29(38)28-16-22-6-4-5-7-24(22)20-37(28)32(41)42)31(40)26-9-8-23(17-27(26)34)30(39)35-12-10-33(11-13-35)18-25(19-33)43-2/h4-9,17,25,28-29,38H,3,10-16,18-21H2,1-2H3,(H,41,42)/t28-,29?/m0/s1. The number of benzene rings is 2. The SMILES string of the molecule is CCN1CCN(CC(O)[C@@H]2Cc3ccccc3CN2C(=O)O)C(=O)c2ccc(C(=O)N3CCC4(CC3)CC(OC)C4)cc21. The molecule has 2 atom stereocenters. The lowest BCUT2D eigenvalue weighted by Crippen LogP contribution is -2.54. The summed E-state index contributed by atoms with van der Waals surface area (Å²) in [4.78, 5) is 46.4. The lowest BCUT2D eigenvalue weighted by Gasteiger charge is -2.51. The molecule has 1 saturated carbocycles. The second-order valence-corrected chi connectivity index (χ2v) is 12.6. The van der Waals surface area contributed by atoms with Crippen molar-refractivity contribution in [3.05, 3.63) is 64.7 Å². The number of nitrogens with zero attached hydrogens (tertiary/aromatic N) is 4. The molecule has 2 aromatic rings. The highest BCUT2D eigenvalue weighted by Crippen LogP contribution is 2.50. The summed E-state index contributed by atoms with van der Waals surface area (Å²) in [5, 5.41) is 21.2. The van der Waals surface area contributed by atoms with Gasteiger partial charge in [0.25, 0.3) is 11.8 Å². The fraction of sp³-hybridized carbons (Fsp3) is 0.545. The summed E-state index contributed by atoms with van der Waals surface area (Å²) in [6, 6.07) is 12.3. The summed E-state index contributed by atoms with van der Waals surface area (Å²) in [6.07, 6.45) is 2.73. The number of piperidine rings is 1. The maximum Gasteiger partial charge on any atom is 0.407 e. The summed E-state index contributed by atoms with van der Waals surface area (Å²) in [6.45, 7) is 5.29. The van der Waals surface area contributed by atoms with Crippen LogP contribution in [0.1, 0.15) is 64.4 Å². The van der Waals surface area contributed by atoms with Crippen LogP contribution in [0.15, 0.2) is 42.5 Å². The molecule has 1 aliphatic carbocycles. The average molecular weight is 591 g/mol. The van der Waals surface area contributed by atoms with Crippen LogP contribution < -0.4 is 4.90 Å². The number of likely N-dealkylation sites (tertiary alicyclic amines) is 1. The van der Waals surface area contributed by atoms with Gasteiger partial charge in [-0.15, -0.1) is 0 Å². The molecule has 10 heteroatoms. The van der Waals surface area contributed by atoms with Crippen LogP contribution in [0.5, 0.6) is 0 Å². The third-order valence-corrected chi connectivity index (χ3v) is 10.3. The lowest BCUT2D eigenvalue weighted by atomic mass is 9.61. The van der Waals surface area contributed by atoms with Crippen molar-refractivity contribution in [2.45, 2.75) is 63.8 Å². The molecule has 2 N–H and O–H groups in total. The molecule has 230 valence electrons. The Morgan fingerprint density at radius 1 is 1.02 bits per heavy atom. The Balaban J connectivity index is 1.17. The van der Waals surface area contributed by atoms with Crippen molar-refractivity contribution in [3.8, 4) is 0 Å². The van der Waals surface area contributed by atoms with Crippen LogP contribution in [-0.4, -0.2) is 107 Å². The van der Waals surface area contributed by atoms with Gasteiger partial charge in [-0.2, -0.15) is 0 Å². The van der Waals surface area contributed by atoms with Crippen molar-refractivity contribution in [2.75, 3.05) is 51.3 Å². The van der Waals surface area contributed by atoms with E-state index in [4.69, 9.17) is 4.74 Å². The zero-order valence-corrected chi connectivity index (χ0v) is 25.1. The maximum atomic E-state index is 13.8. The van der Waals surface area contributed by atoms with Gasteiger partial charge >= 0.3 is 6.09 Å². The Morgan fingerprint density at radius 3 is 2.40 bits per heavy atom. The molecule has 43 heavy (non-hydrogen) atoms. The molecular formula is C33H42N4O6. The molecule has 1 unspecified atom stereocenters. The minimum absolute atomic E-state index is 0.00775. The quantitative estimate of drug-likeness (QED) is 0.530. The maximum absolute atomic E-state index is 13.8. The fourth-order valence-electron chi connectivity index (χ4n) is 7.54. The topological polar surface area (TPSA) is 114 Å². The molecule has 2 fully saturated rings. The van der Waals surface area contributed by atoms with Gasteiger partial charge in [0.05, 0.1) is 29.5 Å². The van der Waals surface area contributed by atoms with E-state index in [9.17, 15) is 24.6 Å². The summed E-state index contributed by atoms with van der Waals surface area (Å²) >= 11 is 0. The number of carboxylic acid groups (broad SMARTS) is 1. The highest BCUT2D eigenvalue weighted by Gasteiger charge is 2.46. The number of carbonyl (C=O) groups is 3. The van der Waals surface area contributed by atoms with E-state index in [1.54, 1.807) is 24.1 Å². The molecule has 1 spiro atoms. The summed E-state index contributed by atoms with van der Waals surface area (Å²) in [7, 11) is 1.77. The van der Waals surface area contributed by atoms with Gasteiger partial charge in [-0.05, 0) is 73.8 Å². The number of rotatable bonds is 6. The van der Waals surface area contributed by atoms with Crippen LogP contribution in [0.4, 0.5) is 10.5 Å². The number of aliphatic hydroxyl groups is 1. The Kier molecular flexibility index (Phi) is 8.08. The van der Waals surface area contributed by atoms with Crippen molar-refractivity contribution < 1.29 is 29.3 Å². The van der Waals surface area contributed by atoms with Crippen molar-refractivity contribution in [1.82, 2.24) is 14.7 Å². The van der Waals surface area contributed by atoms with E-state index >= 15 is 0 Å². The number of aliphatic hydroxyl groups excluding tert-OH is 1. The molecule has 4 aliphatic rings. The van der Waals surface area contributed by atoms with Crippen LogP contribution in [0.2, 0.25) is 0 Å². The normalized spacial score (nSPS) is 22.5. The summed E-state index contributed by atoms with van der Waals surface area (Å²) in [5.41, 5.74) is 4.06.